The van der Waals surface area contributed by atoms with E-state index in [0.717, 1.165) is 55.4 Å². The minimum Gasteiger partial charge on any atom is -0.376 e. The van der Waals surface area contributed by atoms with E-state index in [0.29, 0.717) is 25.5 Å². The van der Waals surface area contributed by atoms with Crippen LogP contribution in [0.25, 0.3) is 11.0 Å². The van der Waals surface area contributed by atoms with Gasteiger partial charge < -0.3 is 15.0 Å². The van der Waals surface area contributed by atoms with Crippen LogP contribution in [0.15, 0.2) is 53.3 Å². The van der Waals surface area contributed by atoms with Crippen LogP contribution in [0.3, 0.4) is 0 Å². The fraction of sp³-hybridized carbons (Fsp3) is 0.444. The quantitative estimate of drug-likeness (QED) is 0.611. The second kappa shape index (κ2) is 9.97. The van der Waals surface area contributed by atoms with E-state index in [1.54, 1.807) is 0 Å². The second-order valence-electron chi connectivity index (χ2n) is 9.47. The van der Waals surface area contributed by atoms with Crippen molar-refractivity contribution < 1.29 is 9.53 Å². The number of rotatable bonds is 6. The summed E-state index contributed by atoms with van der Waals surface area (Å²) in [5.74, 6) is 0.316. The average Bonchev–Trinajstić information content (AvgIpc) is 3.39. The molecule has 2 fully saturated rings. The van der Waals surface area contributed by atoms with E-state index in [-0.39, 0.29) is 23.5 Å². The van der Waals surface area contributed by atoms with Gasteiger partial charge >= 0.3 is 0 Å². The largest absolute Gasteiger partial charge is 0.376 e. The first-order valence-corrected chi connectivity index (χ1v) is 12.3. The van der Waals surface area contributed by atoms with Crippen LogP contribution in [-0.2, 0) is 16.1 Å². The fourth-order valence-electron chi connectivity index (χ4n) is 4.97. The molecule has 2 atom stereocenters. The Kier molecular flexibility index (Phi) is 6.63. The van der Waals surface area contributed by atoms with Crippen LogP contribution in [0.5, 0.6) is 0 Å². The van der Waals surface area contributed by atoms with Crippen LogP contribution in [0.4, 0.5) is 5.82 Å². The fourth-order valence-corrected chi connectivity index (χ4v) is 4.97. The van der Waals surface area contributed by atoms with Crippen molar-refractivity contribution >= 4 is 22.8 Å². The molecule has 1 N–H and O–H groups in total. The van der Waals surface area contributed by atoms with Crippen molar-refractivity contribution in [1.82, 2.24) is 14.9 Å². The minimum atomic E-state index is -0.159. The van der Waals surface area contributed by atoms with E-state index < -0.39 is 0 Å². The molecule has 34 heavy (non-hydrogen) atoms. The zero-order valence-corrected chi connectivity index (χ0v) is 19.7. The van der Waals surface area contributed by atoms with Gasteiger partial charge in [-0.25, -0.2) is 4.98 Å². The number of hydrogen-bond acceptors (Lipinski definition) is 5. The summed E-state index contributed by atoms with van der Waals surface area (Å²) in [7, 11) is 0. The molecule has 1 aromatic heterocycles. The van der Waals surface area contributed by atoms with Gasteiger partial charge in [0, 0.05) is 26.2 Å². The summed E-state index contributed by atoms with van der Waals surface area (Å²) in [6.07, 6.45) is 3.85. The zero-order valence-electron chi connectivity index (χ0n) is 19.7. The van der Waals surface area contributed by atoms with E-state index in [1.807, 2.05) is 33.7 Å². The molecule has 0 radical (unpaired) electrons. The van der Waals surface area contributed by atoms with Crippen LogP contribution >= 0.6 is 0 Å². The Morgan fingerprint density at radius 3 is 2.74 bits per heavy atom. The summed E-state index contributed by atoms with van der Waals surface area (Å²) in [5, 5.41) is 3.06. The molecule has 3 aromatic rings. The lowest BCUT2D eigenvalue weighted by Crippen LogP contribution is -2.46. The Labute approximate surface area is 199 Å². The molecule has 2 aliphatic rings. The highest BCUT2D eigenvalue weighted by molar-refractivity contribution is 5.80. The molecule has 3 heterocycles. The molecular weight excluding hydrogens is 428 g/mol. The second-order valence-corrected chi connectivity index (χ2v) is 9.47. The first-order valence-electron chi connectivity index (χ1n) is 12.3. The zero-order chi connectivity index (χ0) is 23.5. The number of nitrogens with one attached hydrogen (secondary N) is 1. The van der Waals surface area contributed by atoms with Crippen LogP contribution in [-0.4, -0.2) is 47.8 Å². The van der Waals surface area contributed by atoms with E-state index >= 15 is 0 Å². The Balaban J connectivity index is 1.40. The summed E-state index contributed by atoms with van der Waals surface area (Å²) in [6.45, 7) is 5.10. The Morgan fingerprint density at radius 1 is 1.12 bits per heavy atom. The first-order chi connectivity index (χ1) is 16.6. The number of amides is 1. The maximum absolute atomic E-state index is 13.7. The monoisotopic (exact) mass is 460 g/mol. The molecule has 2 saturated heterocycles. The Hall–Kier alpha value is -3.19. The van der Waals surface area contributed by atoms with Crippen LogP contribution < -0.4 is 15.8 Å². The molecule has 2 aromatic carbocycles. The van der Waals surface area contributed by atoms with Gasteiger partial charge in [0.1, 0.15) is 0 Å². The smallest absolute Gasteiger partial charge is 0.294 e. The number of fused-ring (bicyclic) bond motifs is 1. The van der Waals surface area contributed by atoms with Gasteiger partial charge in [0.15, 0.2) is 5.82 Å². The third-order valence-electron chi connectivity index (χ3n) is 6.92. The van der Waals surface area contributed by atoms with E-state index in [9.17, 15) is 9.59 Å². The Morgan fingerprint density at radius 2 is 1.94 bits per heavy atom. The van der Waals surface area contributed by atoms with Gasteiger partial charge in [0.05, 0.1) is 29.6 Å². The molecule has 0 unspecified atom stereocenters. The highest BCUT2D eigenvalue weighted by Crippen LogP contribution is 2.23. The SMILES string of the molecule is Cc1ccc(Cn2c(=O)c(N3CCC[C@@H](C(=O)NC[C@@H]4CCCO4)C3)nc3ccccc32)cc1. The van der Waals surface area contributed by atoms with Crippen LogP contribution in [0.2, 0.25) is 0 Å². The van der Waals surface area contributed by atoms with Gasteiger partial charge in [-0.1, -0.05) is 42.0 Å². The number of para-hydroxylation sites is 2. The van der Waals surface area contributed by atoms with Crippen molar-refractivity contribution in [2.45, 2.75) is 45.3 Å². The topological polar surface area (TPSA) is 76.5 Å². The number of hydrogen-bond donors (Lipinski definition) is 1. The van der Waals surface area contributed by atoms with Gasteiger partial charge in [-0.05, 0) is 50.3 Å². The molecule has 0 saturated carbocycles. The summed E-state index contributed by atoms with van der Waals surface area (Å²) in [4.78, 5) is 33.3. The van der Waals surface area contributed by atoms with Crippen molar-refractivity contribution in [3.05, 3.63) is 70.0 Å². The first kappa shape index (κ1) is 22.6. The summed E-state index contributed by atoms with van der Waals surface area (Å²) in [5.41, 5.74) is 3.75. The summed E-state index contributed by atoms with van der Waals surface area (Å²) < 4.78 is 7.44. The van der Waals surface area contributed by atoms with Crippen molar-refractivity contribution in [2.24, 2.45) is 5.92 Å². The van der Waals surface area contributed by atoms with Crippen molar-refractivity contribution in [2.75, 3.05) is 31.1 Å². The third kappa shape index (κ3) is 4.85. The molecule has 0 bridgehead atoms. The van der Waals surface area contributed by atoms with Gasteiger partial charge in [0.2, 0.25) is 5.91 Å². The van der Waals surface area contributed by atoms with Crippen LogP contribution in [0, 0.1) is 12.8 Å². The number of benzene rings is 2. The van der Waals surface area contributed by atoms with Crippen molar-refractivity contribution in [1.29, 1.82) is 0 Å². The van der Waals surface area contributed by atoms with Gasteiger partial charge in [-0.15, -0.1) is 0 Å². The molecular formula is C27H32N4O3. The van der Waals surface area contributed by atoms with Gasteiger partial charge in [-0.3, -0.25) is 14.2 Å². The summed E-state index contributed by atoms with van der Waals surface area (Å²) >= 11 is 0. The molecule has 2 aliphatic heterocycles. The molecule has 178 valence electrons. The average molecular weight is 461 g/mol. The highest BCUT2D eigenvalue weighted by atomic mass is 16.5. The minimum absolute atomic E-state index is 0.0426. The maximum atomic E-state index is 13.7. The summed E-state index contributed by atoms with van der Waals surface area (Å²) in [6, 6.07) is 16.0. The van der Waals surface area contributed by atoms with E-state index in [4.69, 9.17) is 9.72 Å². The number of carbonyl (C=O) groups is 1. The number of piperidine rings is 1. The predicted molar refractivity (Wildman–Crippen MR) is 133 cm³/mol. The predicted octanol–water partition coefficient (Wildman–Crippen LogP) is 3.26. The number of ether oxygens (including phenoxy) is 1. The lowest BCUT2D eigenvalue weighted by molar-refractivity contribution is -0.125. The highest BCUT2D eigenvalue weighted by Gasteiger charge is 2.29. The van der Waals surface area contributed by atoms with E-state index in [1.165, 1.54) is 5.56 Å². The standard InChI is InChI=1S/C27H32N4O3/c1-19-10-12-20(13-11-19)17-31-24-9-3-2-8-23(24)29-25(27(31)33)30-14-4-6-21(18-30)26(32)28-16-22-7-5-15-34-22/h2-3,8-13,21-22H,4-7,14-18H2,1H3,(H,28,32)/t21-,22+/m1/s1. The van der Waals surface area contributed by atoms with Gasteiger partial charge in [0.25, 0.3) is 5.56 Å². The lowest BCUT2D eigenvalue weighted by atomic mass is 9.97. The molecule has 0 spiro atoms. The van der Waals surface area contributed by atoms with Crippen molar-refractivity contribution in [3.63, 3.8) is 0 Å². The molecule has 7 heteroatoms. The number of nitrogens with zero attached hydrogens (tertiary/aromatic N) is 3. The molecule has 0 aliphatic carbocycles. The molecule has 5 rings (SSSR count). The molecule has 1 amide bonds. The maximum Gasteiger partial charge on any atom is 0.294 e. The number of aryl methyl sites for hydroxylation is 1. The molecule has 7 nitrogen and oxygen atoms in total. The number of aromatic nitrogens is 2. The lowest BCUT2D eigenvalue weighted by Gasteiger charge is -2.33. The van der Waals surface area contributed by atoms with Gasteiger partial charge in [-0.2, -0.15) is 0 Å². The third-order valence-corrected chi connectivity index (χ3v) is 6.92. The van der Waals surface area contributed by atoms with E-state index in [2.05, 4.69) is 36.5 Å². The number of carbonyl (C=O) groups excluding carboxylic acids is 1. The van der Waals surface area contributed by atoms with Crippen LogP contribution in [0.1, 0.15) is 36.8 Å². The number of anilines is 1. The van der Waals surface area contributed by atoms with Crippen molar-refractivity contribution in [3.8, 4) is 0 Å². The normalized spacial score (nSPS) is 20.6. The Bertz CT molecular complexity index is 1210.